The van der Waals surface area contributed by atoms with Gasteiger partial charge < -0.3 is 0 Å². The van der Waals surface area contributed by atoms with Gasteiger partial charge in [0.25, 0.3) is 0 Å². The van der Waals surface area contributed by atoms with E-state index < -0.39 is 0 Å². The Kier molecular flexibility index (Phi) is 7.79. The summed E-state index contributed by atoms with van der Waals surface area (Å²) in [6, 6.07) is 11.1. The molecule has 0 atom stereocenters. The van der Waals surface area contributed by atoms with Gasteiger partial charge in [0.2, 0.25) is 0 Å². The van der Waals surface area contributed by atoms with Crippen LogP contribution in [0.1, 0.15) is 18.9 Å². The van der Waals surface area contributed by atoms with Gasteiger partial charge in [-0.05, 0) is 18.1 Å². The van der Waals surface area contributed by atoms with Crippen LogP contribution in [-0.2, 0) is 6.42 Å². The maximum atomic E-state index is 2.99. The van der Waals surface area contributed by atoms with Crippen LogP contribution in [0.15, 0.2) is 24.3 Å². The van der Waals surface area contributed by atoms with Crippen LogP contribution in [-0.4, -0.2) is 17.7 Å². The van der Waals surface area contributed by atoms with Gasteiger partial charge in [0.15, 0.2) is 0 Å². The first-order valence-corrected chi connectivity index (χ1v) is 4.38. The van der Waals surface area contributed by atoms with Gasteiger partial charge in [-0.15, -0.1) is 0 Å². The Balaban J connectivity index is 0.000000461. The van der Waals surface area contributed by atoms with Crippen LogP contribution in [0, 0.1) is 6.07 Å². The first-order valence-electron chi connectivity index (χ1n) is 4.38. The van der Waals surface area contributed by atoms with Gasteiger partial charge in [0.05, 0.1) is 0 Å². The third-order valence-electron chi connectivity index (χ3n) is 1.33. The predicted molar refractivity (Wildman–Crippen MR) is 50.9 cm³/mol. The number of benzene rings is 1. The first-order chi connectivity index (χ1) is 5.43. The van der Waals surface area contributed by atoms with Crippen LogP contribution >= 0.6 is 0 Å². The molecule has 0 bridgehead atoms. The molecule has 0 fully saturated rings. The van der Waals surface area contributed by atoms with Crippen molar-refractivity contribution in [2.45, 2.75) is 25.4 Å². The van der Waals surface area contributed by atoms with Crippen molar-refractivity contribution < 1.29 is 0 Å². The minimum absolute atomic E-state index is 1.19. The molecule has 11 heavy (non-hydrogen) atoms. The van der Waals surface area contributed by atoms with Crippen LogP contribution in [0.25, 0.3) is 0 Å². The standard InChI is InChI=1S/C9H11.CH3.Li/c1-2-6-9-7-4-3-5-8-9;;/h4-5,7-8H,2,6H2,1H3;1H3;. The van der Waals surface area contributed by atoms with E-state index in [9.17, 15) is 0 Å². The summed E-state index contributed by atoms with van der Waals surface area (Å²) in [5.74, 6) is 0. The molecule has 0 nitrogen and oxygen atoms in total. The normalized spacial score (nSPS) is 8.36. The Morgan fingerprint density at radius 2 is 1.82 bits per heavy atom. The van der Waals surface area contributed by atoms with E-state index in [0.29, 0.717) is 0 Å². The average Bonchev–Trinajstić information content (AvgIpc) is 2.11. The second kappa shape index (κ2) is 7.92. The summed E-state index contributed by atoms with van der Waals surface area (Å²) >= 11 is 2.00. The van der Waals surface area contributed by atoms with Crippen LogP contribution < -0.4 is 0 Å². The van der Waals surface area contributed by atoms with Crippen LogP contribution in [0.4, 0.5) is 0 Å². The summed E-state index contributed by atoms with van der Waals surface area (Å²) in [6.07, 6.45) is 2.42. The number of hydrogen-bond donors (Lipinski definition) is 0. The molecule has 0 amide bonds. The first kappa shape index (κ1) is 10.8. The maximum absolute atomic E-state index is 2.99. The van der Waals surface area contributed by atoms with E-state index in [4.69, 9.17) is 0 Å². The van der Waals surface area contributed by atoms with Crippen molar-refractivity contribution in [1.29, 1.82) is 0 Å². The van der Waals surface area contributed by atoms with Crippen molar-refractivity contribution >= 4 is 17.7 Å². The molecule has 1 heteroatoms. The fraction of sp³-hybridized carbons (Fsp3) is 0.400. The molecule has 1 rings (SSSR count). The van der Waals surface area contributed by atoms with Crippen molar-refractivity contribution in [3.05, 3.63) is 35.9 Å². The Morgan fingerprint density at radius 1 is 1.27 bits per heavy atom. The molecule has 0 unspecified atom stereocenters. The van der Waals surface area contributed by atoms with Gasteiger partial charge in [-0.2, -0.15) is 0 Å². The molecule has 0 aromatic heterocycles. The van der Waals surface area contributed by atoms with Gasteiger partial charge in [0.1, 0.15) is 0 Å². The van der Waals surface area contributed by atoms with Crippen molar-refractivity contribution in [2.24, 2.45) is 0 Å². The topological polar surface area (TPSA) is 0 Å². The molecule has 55 valence electrons. The van der Waals surface area contributed by atoms with E-state index in [1.807, 2.05) is 35.4 Å². The van der Waals surface area contributed by atoms with E-state index >= 15 is 0 Å². The van der Waals surface area contributed by atoms with Gasteiger partial charge in [-0.1, -0.05) is 37.6 Å². The second-order valence-electron chi connectivity index (χ2n) is 2.16. The molecule has 1 aromatic rings. The quantitative estimate of drug-likeness (QED) is 0.555. The molecular weight excluding hydrogens is 127 g/mol. The monoisotopic (exact) mass is 141 g/mol. The van der Waals surface area contributed by atoms with Crippen LogP contribution in [0.5, 0.6) is 0 Å². The van der Waals surface area contributed by atoms with Gasteiger partial charge in [-0.3, -0.25) is 0 Å². The fourth-order valence-corrected chi connectivity index (χ4v) is 0.877. The van der Waals surface area contributed by atoms with Gasteiger partial charge in [0, 0.05) is 0 Å². The summed E-state index contributed by atoms with van der Waals surface area (Å²) in [5.41, 5.74) is 3.41. The molecule has 0 spiro atoms. The zero-order valence-corrected chi connectivity index (χ0v) is 7.72. The Bertz CT molecular complexity index is 158. The van der Waals surface area contributed by atoms with E-state index in [-0.39, 0.29) is 0 Å². The van der Waals surface area contributed by atoms with Crippen LogP contribution in [0.2, 0.25) is 5.60 Å². The SMILES string of the molecule is CCCc1cc[c]cc1.[Li][CH3]. The van der Waals surface area contributed by atoms with E-state index in [2.05, 4.69) is 25.1 Å². The molecule has 0 saturated carbocycles. The van der Waals surface area contributed by atoms with Crippen molar-refractivity contribution in [2.75, 3.05) is 0 Å². The number of hydrogen-bond acceptors (Lipinski definition) is 0. The Labute approximate surface area is 79.2 Å². The summed E-state index contributed by atoms with van der Waals surface area (Å²) < 4.78 is 0. The molecule has 1 radical (unpaired) electrons. The minimum atomic E-state index is 1.19. The molecule has 0 aliphatic heterocycles. The zero-order valence-electron chi connectivity index (χ0n) is 7.72. The summed E-state index contributed by atoms with van der Waals surface area (Å²) in [4.78, 5) is 0. The molecular formula is C10H14Li. The predicted octanol–water partition coefficient (Wildman–Crippen LogP) is 2.64. The van der Waals surface area contributed by atoms with E-state index in [1.54, 1.807) is 0 Å². The van der Waals surface area contributed by atoms with Crippen molar-refractivity contribution in [3.8, 4) is 0 Å². The molecule has 1 aromatic carbocycles. The Hall–Kier alpha value is -0.183. The molecule has 0 heterocycles. The van der Waals surface area contributed by atoms with E-state index in [1.165, 1.54) is 18.4 Å². The third-order valence-corrected chi connectivity index (χ3v) is 1.33. The molecule has 0 aliphatic carbocycles. The third kappa shape index (κ3) is 5.13. The fourth-order valence-electron chi connectivity index (χ4n) is 0.877. The van der Waals surface area contributed by atoms with Crippen LogP contribution in [0.3, 0.4) is 0 Å². The van der Waals surface area contributed by atoms with E-state index in [0.717, 1.165) is 0 Å². The number of rotatable bonds is 2. The van der Waals surface area contributed by atoms with Gasteiger partial charge in [-0.25, -0.2) is 0 Å². The van der Waals surface area contributed by atoms with Crippen molar-refractivity contribution in [1.82, 2.24) is 0 Å². The molecule has 0 N–H and O–H groups in total. The summed E-state index contributed by atoms with van der Waals surface area (Å²) in [7, 11) is 0. The van der Waals surface area contributed by atoms with Gasteiger partial charge >= 0.3 is 23.3 Å². The summed E-state index contributed by atoms with van der Waals surface area (Å²) in [5, 5.41) is 0. The zero-order chi connectivity index (χ0) is 8.53. The number of aryl methyl sites for hydroxylation is 1. The molecule has 0 saturated heterocycles. The second-order valence-corrected chi connectivity index (χ2v) is 2.16. The molecule has 0 aliphatic rings. The summed E-state index contributed by atoms with van der Waals surface area (Å²) in [6.45, 7) is 2.19. The Morgan fingerprint density at radius 3 is 2.27 bits per heavy atom. The van der Waals surface area contributed by atoms with Crippen molar-refractivity contribution in [3.63, 3.8) is 0 Å². The average molecular weight is 141 g/mol.